The van der Waals surface area contributed by atoms with Gasteiger partial charge in [0.05, 0.1) is 29.9 Å². The topological polar surface area (TPSA) is 67.7 Å². The Morgan fingerprint density at radius 2 is 1.88 bits per heavy atom. The number of amides is 2. The molecule has 2 bridgehead atoms. The zero-order valence-electron chi connectivity index (χ0n) is 14.7. The summed E-state index contributed by atoms with van der Waals surface area (Å²) < 4.78 is 7.78. The maximum atomic E-state index is 13.3. The van der Waals surface area contributed by atoms with Gasteiger partial charge in [0.1, 0.15) is 0 Å². The van der Waals surface area contributed by atoms with Gasteiger partial charge in [0.15, 0.2) is 0 Å². The predicted molar refractivity (Wildman–Crippen MR) is 88.3 cm³/mol. The number of aromatic nitrogens is 2. The Labute approximate surface area is 146 Å². The number of hydrogen-bond donors (Lipinski definition) is 0. The van der Waals surface area contributed by atoms with Crippen molar-refractivity contribution < 1.29 is 14.3 Å². The van der Waals surface area contributed by atoms with Crippen molar-refractivity contribution in [3.63, 3.8) is 0 Å². The van der Waals surface area contributed by atoms with Crippen molar-refractivity contribution in [3.05, 3.63) is 18.0 Å². The maximum Gasteiger partial charge on any atom is 0.228 e. The second-order valence-corrected chi connectivity index (χ2v) is 8.00. The van der Waals surface area contributed by atoms with Gasteiger partial charge in [-0.25, -0.2) is 0 Å². The minimum absolute atomic E-state index is 0.0346. The molecule has 7 heteroatoms. The zero-order chi connectivity index (χ0) is 17.3. The lowest BCUT2D eigenvalue weighted by atomic mass is 9.82. The smallest absolute Gasteiger partial charge is 0.228 e. The Balaban J connectivity index is 1.39. The minimum Gasteiger partial charge on any atom is -0.374 e. The molecule has 2 unspecified atom stereocenters. The van der Waals surface area contributed by atoms with E-state index >= 15 is 0 Å². The summed E-state index contributed by atoms with van der Waals surface area (Å²) in [5.74, 6) is 0.829. The molecule has 4 fully saturated rings. The number of aryl methyl sites for hydroxylation is 1. The maximum absolute atomic E-state index is 13.3. The van der Waals surface area contributed by atoms with E-state index in [1.165, 1.54) is 0 Å². The summed E-state index contributed by atoms with van der Waals surface area (Å²) in [6.07, 6.45) is 4.97. The number of hydrogen-bond acceptors (Lipinski definition) is 4. The Hall–Kier alpha value is -1.89. The lowest BCUT2D eigenvalue weighted by Gasteiger charge is -2.28. The first-order valence-electron chi connectivity index (χ1n) is 9.22. The first kappa shape index (κ1) is 15.4. The molecular weight excluding hydrogens is 320 g/mol. The first-order chi connectivity index (χ1) is 12.0. The molecule has 134 valence electrons. The van der Waals surface area contributed by atoms with E-state index in [1.54, 1.807) is 22.8 Å². The molecule has 5 heterocycles. The van der Waals surface area contributed by atoms with Crippen LogP contribution in [0.3, 0.4) is 0 Å². The molecule has 0 N–H and O–H groups in total. The number of carbonyl (C=O) groups is 2. The lowest BCUT2D eigenvalue weighted by molar-refractivity contribution is -0.136. The van der Waals surface area contributed by atoms with Crippen LogP contribution in [0.1, 0.15) is 31.0 Å². The van der Waals surface area contributed by atoms with Crippen molar-refractivity contribution in [2.24, 2.45) is 24.8 Å². The van der Waals surface area contributed by atoms with Crippen LogP contribution in [0, 0.1) is 17.8 Å². The molecule has 5 rings (SSSR count). The van der Waals surface area contributed by atoms with Crippen LogP contribution in [0.5, 0.6) is 0 Å². The number of likely N-dealkylation sites (tertiary alicyclic amines) is 2. The van der Waals surface area contributed by atoms with E-state index in [0.717, 1.165) is 31.6 Å². The molecule has 0 aromatic carbocycles. The fraction of sp³-hybridized carbons (Fsp3) is 0.722. The average Bonchev–Trinajstić information content (AvgIpc) is 3.36. The highest BCUT2D eigenvalue weighted by Gasteiger charge is 2.55. The van der Waals surface area contributed by atoms with Crippen molar-refractivity contribution in [2.45, 2.75) is 37.5 Å². The van der Waals surface area contributed by atoms with Crippen LogP contribution in [0.15, 0.2) is 12.3 Å². The highest BCUT2D eigenvalue weighted by molar-refractivity contribution is 5.90. The third-order valence-corrected chi connectivity index (χ3v) is 6.83. The fourth-order valence-electron chi connectivity index (χ4n) is 5.54. The van der Waals surface area contributed by atoms with E-state index in [0.29, 0.717) is 30.5 Å². The van der Waals surface area contributed by atoms with Gasteiger partial charge in [0.25, 0.3) is 0 Å². The third kappa shape index (κ3) is 2.11. The SMILES string of the molecule is CN1C(=O)CC(C(=O)N2C[C@@H]3[C@H](C2)[C@H]2CC[C@@H]3O2)C1c1ccnn1C. The standard InChI is InChI=1S/C18H24N4O3/c1-20-16(23)7-10(17(20)13-5-6-19-21(13)2)18(24)22-8-11-12(9-22)15-4-3-14(11)25-15/h5-6,10-12,14-15,17H,3-4,7-9H2,1-2H3/t10?,11-,12+,14+,15-,17?. The molecule has 1 aromatic heterocycles. The molecule has 1 aromatic rings. The summed E-state index contributed by atoms with van der Waals surface area (Å²) >= 11 is 0. The summed E-state index contributed by atoms with van der Waals surface area (Å²) in [5, 5.41) is 4.22. The molecule has 4 saturated heterocycles. The van der Waals surface area contributed by atoms with E-state index < -0.39 is 0 Å². The minimum atomic E-state index is -0.315. The Kier molecular flexibility index (Phi) is 3.26. The highest BCUT2D eigenvalue weighted by Crippen LogP contribution is 2.48. The van der Waals surface area contributed by atoms with Crippen LogP contribution >= 0.6 is 0 Å². The summed E-state index contributed by atoms with van der Waals surface area (Å²) in [7, 11) is 3.66. The molecule has 0 radical (unpaired) electrons. The van der Waals surface area contributed by atoms with Gasteiger partial charge in [-0.15, -0.1) is 0 Å². The average molecular weight is 344 g/mol. The largest absolute Gasteiger partial charge is 0.374 e. The summed E-state index contributed by atoms with van der Waals surface area (Å²) in [6, 6.07) is 1.69. The van der Waals surface area contributed by atoms with Crippen LogP contribution in [-0.2, 0) is 21.4 Å². The van der Waals surface area contributed by atoms with E-state index in [4.69, 9.17) is 4.74 Å². The van der Waals surface area contributed by atoms with Crippen molar-refractivity contribution in [1.29, 1.82) is 0 Å². The fourth-order valence-corrected chi connectivity index (χ4v) is 5.54. The number of fused-ring (bicyclic) bond motifs is 5. The lowest BCUT2D eigenvalue weighted by Crippen LogP contribution is -2.39. The molecule has 25 heavy (non-hydrogen) atoms. The van der Waals surface area contributed by atoms with E-state index in [2.05, 4.69) is 5.10 Å². The summed E-state index contributed by atoms with van der Waals surface area (Å²) in [5.41, 5.74) is 0.925. The molecule has 4 aliphatic heterocycles. The molecule has 0 aliphatic carbocycles. The molecule has 0 saturated carbocycles. The molecular formula is C18H24N4O3. The number of ether oxygens (including phenoxy) is 1. The van der Waals surface area contributed by atoms with E-state index in [1.807, 2.05) is 18.0 Å². The van der Waals surface area contributed by atoms with Crippen molar-refractivity contribution >= 4 is 11.8 Å². The van der Waals surface area contributed by atoms with Gasteiger partial charge in [-0.05, 0) is 18.9 Å². The van der Waals surface area contributed by atoms with Crippen LogP contribution in [-0.4, -0.2) is 63.7 Å². The van der Waals surface area contributed by atoms with Crippen LogP contribution in [0.2, 0.25) is 0 Å². The van der Waals surface area contributed by atoms with Gasteiger partial charge in [0.2, 0.25) is 11.8 Å². The second-order valence-electron chi connectivity index (χ2n) is 8.00. The third-order valence-electron chi connectivity index (χ3n) is 6.83. The predicted octanol–water partition coefficient (Wildman–Crippen LogP) is 0.575. The number of rotatable bonds is 2. The van der Waals surface area contributed by atoms with Crippen molar-refractivity contribution in [2.75, 3.05) is 20.1 Å². The first-order valence-corrected chi connectivity index (χ1v) is 9.22. The van der Waals surface area contributed by atoms with Gasteiger partial charge >= 0.3 is 0 Å². The second kappa shape index (κ2) is 5.30. The summed E-state index contributed by atoms with van der Waals surface area (Å²) in [4.78, 5) is 29.3. The normalized spacial score (nSPS) is 39.5. The van der Waals surface area contributed by atoms with E-state index in [-0.39, 0.29) is 23.8 Å². The Bertz CT molecular complexity index is 714. The van der Waals surface area contributed by atoms with Gasteiger partial charge in [-0.2, -0.15) is 5.10 Å². The van der Waals surface area contributed by atoms with Gasteiger partial charge < -0.3 is 14.5 Å². The molecule has 6 atom stereocenters. The number of nitrogens with zero attached hydrogens (tertiary/aromatic N) is 4. The van der Waals surface area contributed by atoms with Crippen LogP contribution < -0.4 is 0 Å². The van der Waals surface area contributed by atoms with E-state index in [9.17, 15) is 9.59 Å². The highest BCUT2D eigenvalue weighted by atomic mass is 16.5. The number of carbonyl (C=O) groups excluding carboxylic acids is 2. The monoisotopic (exact) mass is 344 g/mol. The van der Waals surface area contributed by atoms with Crippen LogP contribution in [0.25, 0.3) is 0 Å². The Morgan fingerprint density at radius 3 is 2.48 bits per heavy atom. The molecule has 4 aliphatic rings. The Morgan fingerprint density at radius 1 is 1.20 bits per heavy atom. The molecule has 0 spiro atoms. The quantitative estimate of drug-likeness (QED) is 0.787. The zero-order valence-corrected chi connectivity index (χ0v) is 14.7. The molecule has 2 amide bonds. The van der Waals surface area contributed by atoms with Gasteiger partial charge in [-0.1, -0.05) is 0 Å². The van der Waals surface area contributed by atoms with Crippen molar-refractivity contribution in [1.82, 2.24) is 19.6 Å². The van der Waals surface area contributed by atoms with Gasteiger partial charge in [0, 0.05) is 51.6 Å². The van der Waals surface area contributed by atoms with Crippen LogP contribution in [0.4, 0.5) is 0 Å². The summed E-state index contributed by atoms with van der Waals surface area (Å²) in [6.45, 7) is 1.58. The van der Waals surface area contributed by atoms with Gasteiger partial charge in [-0.3, -0.25) is 14.3 Å². The van der Waals surface area contributed by atoms with Crippen molar-refractivity contribution in [3.8, 4) is 0 Å². The molecule has 7 nitrogen and oxygen atoms in total.